The van der Waals surface area contributed by atoms with Gasteiger partial charge in [0.05, 0.1) is 12.1 Å². The SMILES string of the molecule is C[C@@H](NC(=O)OC(C)(C)C)C(=O)Cc1ccccc1.C[C@@H](NC(=O)OC(C)(C)C)C(F)(F)Cc1ccccc1. The van der Waals surface area contributed by atoms with E-state index in [1.807, 2.05) is 30.3 Å². The van der Waals surface area contributed by atoms with Crippen LogP contribution in [0.2, 0.25) is 0 Å². The van der Waals surface area contributed by atoms with Crippen molar-refractivity contribution in [3.63, 3.8) is 0 Å². The molecule has 0 aromatic heterocycles. The van der Waals surface area contributed by atoms with Crippen LogP contribution in [0, 0.1) is 0 Å². The van der Waals surface area contributed by atoms with Crippen LogP contribution in [-0.4, -0.2) is 47.2 Å². The van der Waals surface area contributed by atoms with Gasteiger partial charge in [0.15, 0.2) is 5.78 Å². The van der Waals surface area contributed by atoms with E-state index in [9.17, 15) is 23.2 Å². The van der Waals surface area contributed by atoms with Gasteiger partial charge in [-0.25, -0.2) is 18.4 Å². The van der Waals surface area contributed by atoms with Crippen LogP contribution in [0.1, 0.15) is 66.5 Å². The highest BCUT2D eigenvalue weighted by Crippen LogP contribution is 2.24. The van der Waals surface area contributed by atoms with Crippen LogP contribution < -0.4 is 10.6 Å². The number of benzene rings is 2. The zero-order chi connectivity index (χ0) is 29.9. The van der Waals surface area contributed by atoms with E-state index in [0.29, 0.717) is 12.0 Å². The first-order chi connectivity index (χ1) is 17.9. The van der Waals surface area contributed by atoms with Crippen molar-refractivity contribution in [2.24, 2.45) is 0 Å². The second-order valence-corrected chi connectivity index (χ2v) is 11.3. The van der Waals surface area contributed by atoms with Crippen LogP contribution in [0.15, 0.2) is 60.7 Å². The topological polar surface area (TPSA) is 93.7 Å². The van der Waals surface area contributed by atoms with Gasteiger partial charge in [-0.3, -0.25) is 4.79 Å². The lowest BCUT2D eigenvalue weighted by molar-refractivity contribution is -0.120. The first kappa shape index (κ1) is 33.5. The summed E-state index contributed by atoms with van der Waals surface area (Å²) in [6, 6.07) is 16.0. The highest BCUT2D eigenvalue weighted by molar-refractivity contribution is 5.88. The molecular weight excluding hydrogens is 506 g/mol. The molecule has 2 atom stereocenters. The summed E-state index contributed by atoms with van der Waals surface area (Å²) in [5, 5.41) is 4.73. The monoisotopic (exact) mass is 548 g/mol. The lowest BCUT2D eigenvalue weighted by atomic mass is 10.0. The highest BCUT2D eigenvalue weighted by Gasteiger charge is 2.38. The molecule has 0 saturated heterocycles. The van der Waals surface area contributed by atoms with Crippen molar-refractivity contribution >= 4 is 18.0 Å². The standard InChI is InChI=1S/C15H21F2NO2.C15H21NO3/c1-11(18-13(19)20-14(2,3)4)15(16,17)10-12-8-6-5-7-9-12;1-11(16-14(18)19-15(2,3)4)13(17)10-12-8-6-5-7-9-12/h5-9,11H,10H2,1-4H3,(H,18,19);5-9,11H,10H2,1-4H3,(H,16,18)/t2*11-/m11/s1. The molecule has 2 rings (SSSR count). The molecule has 2 aromatic rings. The average molecular weight is 549 g/mol. The van der Waals surface area contributed by atoms with E-state index in [2.05, 4.69) is 10.6 Å². The second-order valence-electron chi connectivity index (χ2n) is 11.3. The Hall–Kier alpha value is -3.49. The predicted molar refractivity (Wildman–Crippen MR) is 148 cm³/mol. The molecule has 0 fully saturated rings. The number of nitrogens with one attached hydrogen (secondary N) is 2. The summed E-state index contributed by atoms with van der Waals surface area (Å²) in [5.41, 5.74) is 0.186. The van der Waals surface area contributed by atoms with Gasteiger partial charge in [0.2, 0.25) is 0 Å². The number of carbonyl (C=O) groups is 3. The highest BCUT2D eigenvalue weighted by atomic mass is 19.3. The number of hydrogen-bond donors (Lipinski definition) is 2. The Morgan fingerprint density at radius 3 is 1.56 bits per heavy atom. The minimum absolute atomic E-state index is 0.0444. The maximum absolute atomic E-state index is 14.0. The third kappa shape index (κ3) is 14.9. The molecule has 7 nitrogen and oxygen atoms in total. The molecule has 0 aliphatic rings. The third-order valence-electron chi connectivity index (χ3n) is 5.09. The van der Waals surface area contributed by atoms with Crippen molar-refractivity contribution in [3.05, 3.63) is 71.8 Å². The molecule has 0 spiro atoms. The molecule has 0 bridgehead atoms. The van der Waals surface area contributed by atoms with Crippen LogP contribution in [0.25, 0.3) is 0 Å². The predicted octanol–water partition coefficient (Wildman–Crippen LogP) is 6.49. The summed E-state index contributed by atoms with van der Waals surface area (Å²) >= 11 is 0. The number of ketones is 1. The van der Waals surface area contributed by atoms with Gasteiger partial charge >= 0.3 is 12.2 Å². The summed E-state index contributed by atoms with van der Waals surface area (Å²) < 4.78 is 38.1. The lowest BCUT2D eigenvalue weighted by Gasteiger charge is -2.27. The fourth-order valence-electron chi connectivity index (χ4n) is 3.13. The molecule has 0 aliphatic carbocycles. The number of amides is 2. The Kier molecular flexibility index (Phi) is 12.6. The molecule has 0 aliphatic heterocycles. The molecule has 0 unspecified atom stereocenters. The number of ether oxygens (including phenoxy) is 2. The smallest absolute Gasteiger partial charge is 0.408 e. The van der Waals surface area contributed by atoms with Gasteiger partial charge in [0.25, 0.3) is 5.92 Å². The first-order valence-electron chi connectivity index (χ1n) is 12.9. The van der Waals surface area contributed by atoms with E-state index in [1.165, 1.54) is 6.92 Å². The van der Waals surface area contributed by atoms with Crippen molar-refractivity contribution < 1.29 is 32.6 Å². The Balaban J connectivity index is 0.000000391. The molecule has 2 amide bonds. The van der Waals surface area contributed by atoms with Crippen LogP contribution in [0.5, 0.6) is 0 Å². The molecule has 9 heteroatoms. The van der Waals surface area contributed by atoms with Gasteiger partial charge in [-0.15, -0.1) is 0 Å². The normalized spacial score (nSPS) is 13.2. The Morgan fingerprint density at radius 1 is 0.718 bits per heavy atom. The number of alkyl halides is 2. The zero-order valence-corrected chi connectivity index (χ0v) is 24.1. The van der Waals surface area contributed by atoms with E-state index in [-0.39, 0.29) is 5.78 Å². The minimum atomic E-state index is -3.04. The van der Waals surface area contributed by atoms with E-state index >= 15 is 0 Å². The Bertz CT molecular complexity index is 1050. The zero-order valence-electron chi connectivity index (χ0n) is 24.1. The third-order valence-corrected chi connectivity index (χ3v) is 5.09. The maximum Gasteiger partial charge on any atom is 0.408 e. The summed E-state index contributed by atoms with van der Waals surface area (Å²) in [7, 11) is 0. The first-order valence-corrected chi connectivity index (χ1v) is 12.9. The maximum atomic E-state index is 14.0. The number of carbonyl (C=O) groups excluding carboxylic acids is 3. The van der Waals surface area contributed by atoms with E-state index in [1.54, 1.807) is 78.8 Å². The van der Waals surface area contributed by atoms with Crippen molar-refractivity contribution in [2.45, 2.75) is 97.4 Å². The van der Waals surface area contributed by atoms with Gasteiger partial charge in [-0.1, -0.05) is 60.7 Å². The van der Waals surface area contributed by atoms with E-state index in [4.69, 9.17) is 9.47 Å². The molecular formula is C30H42F2N2O5. The Morgan fingerprint density at radius 2 is 1.13 bits per heavy atom. The van der Waals surface area contributed by atoms with E-state index < -0.39 is 47.8 Å². The molecule has 2 aromatic carbocycles. The summed E-state index contributed by atoms with van der Waals surface area (Å²) in [6.45, 7) is 13.3. The minimum Gasteiger partial charge on any atom is -0.444 e. The number of rotatable bonds is 8. The fraction of sp³-hybridized carbons (Fsp3) is 0.500. The lowest BCUT2D eigenvalue weighted by Crippen LogP contribution is -2.48. The largest absolute Gasteiger partial charge is 0.444 e. The van der Waals surface area contributed by atoms with Crippen molar-refractivity contribution in [1.29, 1.82) is 0 Å². The van der Waals surface area contributed by atoms with Gasteiger partial charge in [0, 0.05) is 12.8 Å². The number of halogens is 2. The van der Waals surface area contributed by atoms with Crippen LogP contribution >= 0.6 is 0 Å². The summed E-state index contributed by atoms with van der Waals surface area (Å²) in [6.07, 6.45) is -1.53. The van der Waals surface area contributed by atoms with Crippen molar-refractivity contribution in [3.8, 4) is 0 Å². The van der Waals surface area contributed by atoms with E-state index in [0.717, 1.165) is 5.56 Å². The van der Waals surface area contributed by atoms with Crippen molar-refractivity contribution in [2.75, 3.05) is 0 Å². The Labute approximate surface area is 230 Å². The molecule has 216 valence electrons. The van der Waals surface area contributed by atoms with Gasteiger partial charge in [0.1, 0.15) is 11.2 Å². The van der Waals surface area contributed by atoms with Crippen LogP contribution in [0.4, 0.5) is 18.4 Å². The molecule has 0 radical (unpaired) electrons. The summed E-state index contributed by atoms with van der Waals surface area (Å²) in [5.74, 6) is -3.09. The van der Waals surface area contributed by atoms with Gasteiger partial charge in [-0.05, 0) is 66.5 Å². The average Bonchev–Trinajstić information content (AvgIpc) is 2.78. The van der Waals surface area contributed by atoms with Crippen LogP contribution in [-0.2, 0) is 27.1 Å². The molecule has 2 N–H and O–H groups in total. The molecule has 0 heterocycles. The quantitative estimate of drug-likeness (QED) is 0.393. The number of hydrogen-bond acceptors (Lipinski definition) is 5. The summed E-state index contributed by atoms with van der Waals surface area (Å²) in [4.78, 5) is 35.0. The fourth-order valence-corrected chi connectivity index (χ4v) is 3.13. The van der Waals surface area contributed by atoms with Gasteiger partial charge < -0.3 is 20.1 Å². The number of alkyl carbamates (subject to hydrolysis) is 2. The number of Topliss-reactive ketones (excluding diaryl/α,β-unsaturated/α-hetero) is 1. The molecule has 39 heavy (non-hydrogen) atoms. The molecule has 0 saturated carbocycles. The second kappa shape index (κ2) is 14.6. The van der Waals surface area contributed by atoms with Crippen LogP contribution in [0.3, 0.4) is 0 Å². The van der Waals surface area contributed by atoms with Gasteiger partial charge in [-0.2, -0.15) is 0 Å². The van der Waals surface area contributed by atoms with Crippen molar-refractivity contribution in [1.82, 2.24) is 10.6 Å².